The Morgan fingerprint density at radius 2 is 2.03 bits per heavy atom. The number of pyridine rings is 2. The summed E-state index contributed by atoms with van der Waals surface area (Å²) in [5, 5.41) is 13.4. The molecule has 3 N–H and O–H groups in total. The number of nitrogens with one attached hydrogen (secondary N) is 2. The van der Waals surface area contributed by atoms with Crippen LogP contribution in [0.2, 0.25) is 0 Å². The average molecular weight is 445 g/mol. The van der Waals surface area contributed by atoms with E-state index in [1.165, 1.54) is 11.1 Å². The van der Waals surface area contributed by atoms with Crippen molar-refractivity contribution in [1.29, 1.82) is 0 Å². The van der Waals surface area contributed by atoms with Gasteiger partial charge < -0.3 is 20.3 Å². The van der Waals surface area contributed by atoms with E-state index >= 15 is 0 Å². The van der Waals surface area contributed by atoms with Gasteiger partial charge in [0.25, 0.3) is 0 Å². The van der Waals surface area contributed by atoms with Gasteiger partial charge >= 0.3 is 6.09 Å². The molecule has 0 radical (unpaired) electrons. The monoisotopic (exact) mass is 445 g/mol. The molecular weight excluding hydrogens is 421 g/mol. The topological polar surface area (TPSA) is 94.1 Å². The molecule has 0 saturated carbocycles. The number of benzene rings is 1. The van der Waals surface area contributed by atoms with Crippen LogP contribution in [-0.2, 0) is 6.54 Å². The van der Waals surface area contributed by atoms with Gasteiger partial charge in [-0.3, -0.25) is 0 Å². The molecule has 7 nitrogen and oxygen atoms in total. The summed E-state index contributed by atoms with van der Waals surface area (Å²) in [6, 6.07) is 15.4. The highest BCUT2D eigenvalue weighted by Gasteiger charge is 2.26. The lowest BCUT2D eigenvalue weighted by Gasteiger charge is -2.30. The third kappa shape index (κ3) is 4.37. The number of carboxylic acid groups (broad SMARTS) is 1. The van der Waals surface area contributed by atoms with Crippen LogP contribution in [0.15, 0.2) is 60.9 Å². The van der Waals surface area contributed by atoms with Gasteiger partial charge in [-0.25, -0.2) is 19.2 Å². The number of hydrogen-bond donors (Lipinski definition) is 3. The standard InChI is InChI=1S/C25H24FN5O2/c26-21-14-29-23(28-13-16-5-2-1-3-6-16)12-19(21)18-8-9-27-24-20(18)11-22(30-24)17-7-4-10-31(15-17)25(32)33/h1-3,5-6,8-9,11-12,14,17H,4,7,10,13,15H2,(H,27,30)(H,28,29)(H,32,33). The molecule has 8 heteroatoms. The number of nitrogens with zero attached hydrogens (tertiary/aromatic N) is 3. The van der Waals surface area contributed by atoms with Gasteiger partial charge in [0.2, 0.25) is 0 Å². The largest absolute Gasteiger partial charge is 0.465 e. The maximum absolute atomic E-state index is 14.9. The van der Waals surface area contributed by atoms with Crippen LogP contribution in [0.25, 0.3) is 22.2 Å². The van der Waals surface area contributed by atoms with Crippen LogP contribution in [0, 0.1) is 5.82 Å². The van der Waals surface area contributed by atoms with Gasteiger partial charge in [0.15, 0.2) is 0 Å². The van der Waals surface area contributed by atoms with E-state index in [2.05, 4.69) is 20.3 Å². The number of rotatable bonds is 5. The van der Waals surface area contributed by atoms with Gasteiger partial charge in [-0.15, -0.1) is 0 Å². The number of fused-ring (bicyclic) bond motifs is 1. The van der Waals surface area contributed by atoms with E-state index in [1.807, 2.05) is 36.4 Å². The molecule has 168 valence electrons. The summed E-state index contributed by atoms with van der Waals surface area (Å²) in [7, 11) is 0. The van der Waals surface area contributed by atoms with E-state index in [0.717, 1.165) is 35.0 Å². The number of anilines is 1. The van der Waals surface area contributed by atoms with Crippen LogP contribution in [0.4, 0.5) is 15.0 Å². The molecule has 1 aliphatic rings. The summed E-state index contributed by atoms with van der Waals surface area (Å²) >= 11 is 0. The van der Waals surface area contributed by atoms with Crippen molar-refractivity contribution in [2.45, 2.75) is 25.3 Å². The maximum Gasteiger partial charge on any atom is 0.407 e. The lowest BCUT2D eigenvalue weighted by atomic mass is 9.94. The average Bonchev–Trinajstić information content (AvgIpc) is 3.29. The van der Waals surface area contributed by atoms with Crippen molar-refractivity contribution in [3.63, 3.8) is 0 Å². The number of hydrogen-bond acceptors (Lipinski definition) is 4. The first-order chi connectivity index (χ1) is 16.1. The summed E-state index contributed by atoms with van der Waals surface area (Å²) < 4.78 is 14.9. The number of aromatic nitrogens is 3. The van der Waals surface area contributed by atoms with Crippen molar-refractivity contribution in [3.8, 4) is 11.1 Å². The van der Waals surface area contributed by atoms with Gasteiger partial charge in [0, 0.05) is 48.4 Å². The number of piperidine rings is 1. The Morgan fingerprint density at radius 3 is 2.85 bits per heavy atom. The Kier molecular flexibility index (Phi) is 5.64. The molecule has 4 heterocycles. The normalized spacial score (nSPS) is 16.2. The van der Waals surface area contributed by atoms with E-state index in [0.29, 0.717) is 36.7 Å². The van der Waals surface area contributed by atoms with Gasteiger partial charge in [-0.1, -0.05) is 30.3 Å². The molecule has 0 aliphatic carbocycles. The Morgan fingerprint density at radius 1 is 1.18 bits per heavy atom. The quantitative estimate of drug-likeness (QED) is 0.391. The summed E-state index contributed by atoms with van der Waals surface area (Å²) in [6.45, 7) is 1.58. The zero-order chi connectivity index (χ0) is 22.8. The molecule has 0 bridgehead atoms. The summed E-state index contributed by atoms with van der Waals surface area (Å²) in [5.74, 6) is 0.230. The first-order valence-corrected chi connectivity index (χ1v) is 11.0. The smallest absolute Gasteiger partial charge is 0.407 e. The molecular formula is C25H24FN5O2. The fourth-order valence-corrected chi connectivity index (χ4v) is 4.44. The summed E-state index contributed by atoms with van der Waals surface area (Å²) in [5.41, 5.74) is 3.85. The maximum atomic E-state index is 14.9. The van der Waals surface area contributed by atoms with Crippen LogP contribution in [0.5, 0.6) is 0 Å². The Hall–Kier alpha value is -3.94. The fraction of sp³-hybridized carbons (Fsp3) is 0.240. The van der Waals surface area contributed by atoms with Crippen molar-refractivity contribution < 1.29 is 14.3 Å². The zero-order valence-electron chi connectivity index (χ0n) is 18.0. The Balaban J connectivity index is 1.45. The van der Waals surface area contributed by atoms with E-state index in [1.54, 1.807) is 18.3 Å². The van der Waals surface area contributed by atoms with Crippen LogP contribution >= 0.6 is 0 Å². The highest BCUT2D eigenvalue weighted by Crippen LogP contribution is 2.34. The molecule has 5 rings (SSSR count). The van der Waals surface area contributed by atoms with Gasteiger partial charge in [0.05, 0.1) is 6.20 Å². The number of H-pyrrole nitrogens is 1. The first kappa shape index (κ1) is 20.9. The molecule has 1 amide bonds. The number of carbonyl (C=O) groups is 1. The number of amides is 1. The minimum Gasteiger partial charge on any atom is -0.465 e. The number of aromatic amines is 1. The molecule has 1 aromatic carbocycles. The molecule has 0 spiro atoms. The van der Waals surface area contributed by atoms with Gasteiger partial charge in [-0.2, -0.15) is 0 Å². The minimum absolute atomic E-state index is 0.0577. The molecule has 1 fully saturated rings. The predicted octanol–water partition coefficient (Wildman–Crippen LogP) is 5.23. The van der Waals surface area contributed by atoms with Crippen LogP contribution < -0.4 is 5.32 Å². The lowest BCUT2D eigenvalue weighted by Crippen LogP contribution is -2.38. The third-order valence-corrected chi connectivity index (χ3v) is 6.15. The van der Waals surface area contributed by atoms with Crippen molar-refractivity contribution in [2.24, 2.45) is 0 Å². The summed E-state index contributed by atoms with van der Waals surface area (Å²) in [4.78, 5) is 24.8. The number of likely N-dealkylation sites (tertiary alicyclic amines) is 1. The first-order valence-electron chi connectivity index (χ1n) is 11.0. The van der Waals surface area contributed by atoms with E-state index < -0.39 is 11.9 Å². The van der Waals surface area contributed by atoms with E-state index in [-0.39, 0.29) is 5.92 Å². The van der Waals surface area contributed by atoms with Crippen molar-refractivity contribution in [3.05, 3.63) is 78.0 Å². The van der Waals surface area contributed by atoms with Gasteiger partial charge in [0.1, 0.15) is 17.3 Å². The van der Waals surface area contributed by atoms with Crippen LogP contribution in [0.1, 0.15) is 30.0 Å². The SMILES string of the molecule is O=C(O)N1CCCC(c2cc3c(-c4cc(NCc5ccccc5)ncc4F)ccnc3[nH]2)C1. The second-order valence-electron chi connectivity index (χ2n) is 8.30. The molecule has 1 unspecified atom stereocenters. The fourth-order valence-electron chi connectivity index (χ4n) is 4.44. The second-order valence-corrected chi connectivity index (χ2v) is 8.30. The molecule has 1 saturated heterocycles. The second kappa shape index (κ2) is 8.90. The van der Waals surface area contributed by atoms with Crippen molar-refractivity contribution >= 4 is 22.9 Å². The van der Waals surface area contributed by atoms with E-state index in [4.69, 9.17) is 0 Å². The van der Waals surface area contributed by atoms with Crippen LogP contribution in [0.3, 0.4) is 0 Å². The highest BCUT2D eigenvalue weighted by atomic mass is 19.1. The van der Waals surface area contributed by atoms with E-state index in [9.17, 15) is 14.3 Å². The van der Waals surface area contributed by atoms with Crippen molar-refractivity contribution in [2.75, 3.05) is 18.4 Å². The third-order valence-electron chi connectivity index (χ3n) is 6.15. The van der Waals surface area contributed by atoms with Crippen LogP contribution in [-0.4, -0.2) is 44.1 Å². The molecule has 33 heavy (non-hydrogen) atoms. The molecule has 1 aliphatic heterocycles. The summed E-state index contributed by atoms with van der Waals surface area (Å²) in [6.07, 6.45) is 3.68. The Labute approximate surface area is 190 Å². The molecule has 3 aromatic heterocycles. The lowest BCUT2D eigenvalue weighted by molar-refractivity contribution is 0.130. The minimum atomic E-state index is -0.899. The number of halogens is 1. The molecule has 4 aromatic rings. The van der Waals surface area contributed by atoms with Gasteiger partial charge in [-0.05, 0) is 42.2 Å². The van der Waals surface area contributed by atoms with Crippen molar-refractivity contribution in [1.82, 2.24) is 19.9 Å². The Bertz CT molecular complexity index is 1290. The predicted molar refractivity (Wildman–Crippen MR) is 125 cm³/mol. The molecule has 1 atom stereocenters. The highest BCUT2D eigenvalue weighted by molar-refractivity contribution is 5.94. The zero-order valence-corrected chi connectivity index (χ0v) is 18.0.